The number of hydrogen-bond donors (Lipinski definition) is 2. The second-order valence-electron chi connectivity index (χ2n) is 6.38. The monoisotopic (exact) mass is 340 g/mol. The predicted molar refractivity (Wildman–Crippen MR) is 93.1 cm³/mol. The van der Waals surface area contributed by atoms with Crippen molar-refractivity contribution in [3.63, 3.8) is 0 Å². The lowest BCUT2D eigenvalue weighted by atomic mass is 9.79. The molecular weight excluding hydrogens is 320 g/mol. The average molecular weight is 340 g/mol. The van der Waals surface area contributed by atoms with E-state index in [4.69, 9.17) is 0 Å². The molecule has 1 aliphatic rings. The lowest BCUT2D eigenvalue weighted by Crippen LogP contribution is -2.43. The maximum atomic E-state index is 12.2. The largest absolute Gasteiger partial charge is 0.383 e. The van der Waals surface area contributed by atoms with Gasteiger partial charge in [-0.05, 0) is 30.4 Å². The smallest absolute Gasteiger partial charge is 0.273 e. The van der Waals surface area contributed by atoms with Crippen LogP contribution in [-0.2, 0) is 23.2 Å². The van der Waals surface area contributed by atoms with E-state index in [-0.39, 0.29) is 24.6 Å². The first-order chi connectivity index (χ1) is 12.0. The SMILES string of the molecule is O=C(Cc1ccccc1[N+](=O)[O-])NC[C@]1(O)CCCc2ccccc21. The van der Waals surface area contributed by atoms with E-state index >= 15 is 0 Å². The first kappa shape index (κ1) is 17.1. The van der Waals surface area contributed by atoms with Crippen LogP contribution < -0.4 is 5.32 Å². The van der Waals surface area contributed by atoms with Crippen molar-refractivity contribution in [3.8, 4) is 0 Å². The van der Waals surface area contributed by atoms with E-state index in [1.807, 2.05) is 24.3 Å². The molecule has 130 valence electrons. The zero-order valence-corrected chi connectivity index (χ0v) is 13.8. The van der Waals surface area contributed by atoms with Gasteiger partial charge in [0.15, 0.2) is 0 Å². The van der Waals surface area contributed by atoms with E-state index in [0.29, 0.717) is 12.0 Å². The molecule has 0 aliphatic heterocycles. The van der Waals surface area contributed by atoms with Gasteiger partial charge in [-0.25, -0.2) is 0 Å². The number of nitrogens with one attached hydrogen (secondary N) is 1. The third-order valence-corrected chi connectivity index (χ3v) is 4.67. The fraction of sp³-hybridized carbons (Fsp3) is 0.316. The minimum Gasteiger partial charge on any atom is -0.383 e. The number of nitro benzene ring substituents is 1. The van der Waals surface area contributed by atoms with Gasteiger partial charge in [0.25, 0.3) is 5.69 Å². The van der Waals surface area contributed by atoms with Gasteiger partial charge in [-0.3, -0.25) is 14.9 Å². The molecule has 0 radical (unpaired) electrons. The molecule has 0 bridgehead atoms. The summed E-state index contributed by atoms with van der Waals surface area (Å²) >= 11 is 0. The van der Waals surface area contributed by atoms with Crippen molar-refractivity contribution in [1.29, 1.82) is 0 Å². The van der Waals surface area contributed by atoms with E-state index in [2.05, 4.69) is 5.32 Å². The molecule has 1 atom stereocenters. The average Bonchev–Trinajstić information content (AvgIpc) is 2.61. The van der Waals surface area contributed by atoms with Crippen molar-refractivity contribution in [2.45, 2.75) is 31.3 Å². The van der Waals surface area contributed by atoms with Crippen LogP contribution in [0.3, 0.4) is 0 Å². The number of benzene rings is 2. The Morgan fingerprint density at radius 3 is 2.72 bits per heavy atom. The number of hydrogen-bond acceptors (Lipinski definition) is 4. The summed E-state index contributed by atoms with van der Waals surface area (Å²) < 4.78 is 0. The summed E-state index contributed by atoms with van der Waals surface area (Å²) in [6, 6.07) is 13.9. The number of carbonyl (C=O) groups excluding carboxylic acids is 1. The van der Waals surface area contributed by atoms with Crippen molar-refractivity contribution in [2.24, 2.45) is 0 Å². The summed E-state index contributed by atoms with van der Waals surface area (Å²) in [7, 11) is 0. The molecule has 0 fully saturated rings. The van der Waals surface area contributed by atoms with Gasteiger partial charge in [0.05, 0.1) is 17.9 Å². The van der Waals surface area contributed by atoms with Crippen molar-refractivity contribution in [1.82, 2.24) is 5.32 Å². The number of nitrogens with zero attached hydrogens (tertiary/aromatic N) is 1. The Labute approximate surface area is 145 Å². The summed E-state index contributed by atoms with van der Waals surface area (Å²) in [6.45, 7) is 0.101. The Bertz CT molecular complexity index is 806. The summed E-state index contributed by atoms with van der Waals surface area (Å²) in [4.78, 5) is 22.8. The van der Waals surface area contributed by atoms with Crippen LogP contribution in [0.15, 0.2) is 48.5 Å². The van der Waals surface area contributed by atoms with Gasteiger partial charge < -0.3 is 10.4 Å². The standard InChI is InChI=1S/C19H20N2O4/c22-18(12-15-7-2-4-10-17(15)21(24)25)20-13-19(23)11-5-8-14-6-1-3-9-16(14)19/h1-4,6-7,9-10,23H,5,8,11-13H2,(H,20,22)/t19-/m1/s1. The van der Waals surface area contributed by atoms with E-state index < -0.39 is 10.5 Å². The molecule has 6 nitrogen and oxygen atoms in total. The molecule has 0 unspecified atom stereocenters. The van der Waals surface area contributed by atoms with Gasteiger partial charge in [-0.2, -0.15) is 0 Å². The Balaban J connectivity index is 1.68. The molecule has 25 heavy (non-hydrogen) atoms. The van der Waals surface area contributed by atoms with Crippen molar-refractivity contribution in [3.05, 3.63) is 75.3 Å². The molecule has 0 spiro atoms. The van der Waals surface area contributed by atoms with Crippen LogP contribution in [0.2, 0.25) is 0 Å². The number of carbonyl (C=O) groups is 1. The highest BCUT2D eigenvalue weighted by molar-refractivity contribution is 5.79. The number of para-hydroxylation sites is 1. The Morgan fingerprint density at radius 1 is 1.20 bits per heavy atom. The summed E-state index contributed by atoms with van der Waals surface area (Å²) in [5.74, 6) is -0.342. The summed E-state index contributed by atoms with van der Waals surface area (Å²) in [5, 5.41) is 24.7. The predicted octanol–water partition coefficient (Wildman–Crippen LogP) is 2.48. The molecule has 0 aromatic heterocycles. The van der Waals surface area contributed by atoms with Crippen LogP contribution >= 0.6 is 0 Å². The molecule has 3 rings (SSSR count). The second-order valence-corrected chi connectivity index (χ2v) is 6.38. The lowest BCUT2D eigenvalue weighted by molar-refractivity contribution is -0.385. The lowest BCUT2D eigenvalue weighted by Gasteiger charge is -2.34. The van der Waals surface area contributed by atoms with E-state index in [0.717, 1.165) is 24.0 Å². The van der Waals surface area contributed by atoms with Crippen LogP contribution in [0.4, 0.5) is 5.69 Å². The van der Waals surface area contributed by atoms with Gasteiger partial charge in [0.1, 0.15) is 5.60 Å². The van der Waals surface area contributed by atoms with Crippen LogP contribution in [0.5, 0.6) is 0 Å². The van der Waals surface area contributed by atoms with Gasteiger partial charge in [-0.15, -0.1) is 0 Å². The summed E-state index contributed by atoms with van der Waals surface area (Å²) in [5.41, 5.74) is 1.16. The minimum atomic E-state index is -1.09. The van der Waals surface area contributed by atoms with Crippen molar-refractivity contribution in [2.75, 3.05) is 6.54 Å². The van der Waals surface area contributed by atoms with E-state index in [9.17, 15) is 20.0 Å². The quantitative estimate of drug-likeness (QED) is 0.646. The van der Waals surface area contributed by atoms with Crippen LogP contribution in [-0.4, -0.2) is 22.5 Å². The molecule has 6 heteroatoms. The molecule has 0 saturated heterocycles. The molecular formula is C19H20N2O4. The third kappa shape index (κ3) is 3.69. The molecule has 2 aromatic rings. The van der Waals surface area contributed by atoms with Crippen molar-refractivity contribution >= 4 is 11.6 Å². The second kappa shape index (κ2) is 7.03. The van der Waals surface area contributed by atoms with Crippen LogP contribution in [0, 0.1) is 10.1 Å². The number of nitro groups is 1. The zero-order valence-electron chi connectivity index (χ0n) is 13.8. The summed E-state index contributed by atoms with van der Waals surface area (Å²) in [6.07, 6.45) is 2.26. The van der Waals surface area contributed by atoms with Gasteiger partial charge in [0, 0.05) is 11.6 Å². The maximum absolute atomic E-state index is 12.2. The molecule has 0 heterocycles. The molecule has 2 N–H and O–H groups in total. The zero-order chi connectivity index (χ0) is 17.9. The Kier molecular flexibility index (Phi) is 4.81. The fourth-order valence-corrected chi connectivity index (χ4v) is 3.40. The van der Waals surface area contributed by atoms with E-state index in [1.165, 1.54) is 6.07 Å². The van der Waals surface area contributed by atoms with E-state index in [1.54, 1.807) is 18.2 Å². The third-order valence-electron chi connectivity index (χ3n) is 4.67. The Hall–Kier alpha value is -2.73. The number of aliphatic hydroxyl groups is 1. The normalized spacial score (nSPS) is 19.1. The molecule has 1 aliphatic carbocycles. The van der Waals surface area contributed by atoms with Gasteiger partial charge >= 0.3 is 0 Å². The first-order valence-electron chi connectivity index (χ1n) is 8.29. The first-order valence-corrected chi connectivity index (χ1v) is 8.29. The van der Waals surface area contributed by atoms with Gasteiger partial charge in [-0.1, -0.05) is 42.5 Å². The van der Waals surface area contributed by atoms with Crippen molar-refractivity contribution < 1.29 is 14.8 Å². The van der Waals surface area contributed by atoms with Crippen LogP contribution in [0.25, 0.3) is 0 Å². The number of rotatable bonds is 5. The van der Waals surface area contributed by atoms with Crippen LogP contribution in [0.1, 0.15) is 29.5 Å². The highest BCUT2D eigenvalue weighted by atomic mass is 16.6. The van der Waals surface area contributed by atoms with Gasteiger partial charge in [0.2, 0.25) is 5.91 Å². The fourth-order valence-electron chi connectivity index (χ4n) is 3.40. The highest BCUT2D eigenvalue weighted by Crippen LogP contribution is 2.34. The number of amides is 1. The number of aryl methyl sites for hydroxylation is 1. The maximum Gasteiger partial charge on any atom is 0.273 e. The Morgan fingerprint density at radius 2 is 1.92 bits per heavy atom. The molecule has 1 amide bonds. The number of fused-ring (bicyclic) bond motifs is 1. The molecule has 0 saturated carbocycles. The minimum absolute atomic E-state index is 0.0700. The highest BCUT2D eigenvalue weighted by Gasteiger charge is 2.34. The molecule has 2 aromatic carbocycles. The topological polar surface area (TPSA) is 92.5 Å².